The number of benzene rings is 1. The molecule has 2 N–H and O–H groups in total. The summed E-state index contributed by atoms with van der Waals surface area (Å²) in [5, 5.41) is 14.0. The molecular formula is C26H33N7O4. The SMILES string of the molecule is O=C1CCCn2cc(nn2)CNC(=O)[C@H]2CN(C(=O)C3CCC3)CCN2C(=O)[C@H](Cc2ccccc2)N1. The fourth-order valence-electron chi connectivity index (χ4n) is 5.13. The zero-order valence-corrected chi connectivity index (χ0v) is 20.8. The van der Waals surface area contributed by atoms with Gasteiger partial charge in [0, 0.05) is 38.4 Å². The van der Waals surface area contributed by atoms with E-state index in [2.05, 4.69) is 20.9 Å². The molecule has 11 heteroatoms. The topological polar surface area (TPSA) is 130 Å². The van der Waals surface area contributed by atoms with E-state index in [1.165, 1.54) is 4.90 Å². The Hall–Kier alpha value is -3.76. The van der Waals surface area contributed by atoms with Gasteiger partial charge in [0.05, 0.1) is 19.3 Å². The molecule has 1 aromatic carbocycles. The highest BCUT2D eigenvalue weighted by atomic mass is 16.2. The van der Waals surface area contributed by atoms with Gasteiger partial charge in [0.2, 0.25) is 23.6 Å². The van der Waals surface area contributed by atoms with Gasteiger partial charge in [-0.15, -0.1) is 5.10 Å². The molecule has 5 rings (SSSR count). The Kier molecular flexibility index (Phi) is 7.47. The van der Waals surface area contributed by atoms with Gasteiger partial charge in [0.25, 0.3) is 0 Å². The van der Waals surface area contributed by atoms with Crippen LogP contribution in [0.25, 0.3) is 0 Å². The summed E-state index contributed by atoms with van der Waals surface area (Å²) in [7, 11) is 0. The van der Waals surface area contributed by atoms with E-state index < -0.39 is 12.1 Å². The molecular weight excluding hydrogens is 474 g/mol. The molecule has 0 unspecified atom stereocenters. The molecule has 2 fully saturated rings. The number of rotatable bonds is 3. The van der Waals surface area contributed by atoms with Crippen LogP contribution in [0.3, 0.4) is 0 Å². The lowest BCUT2D eigenvalue weighted by Crippen LogP contribution is -2.65. The molecule has 1 aromatic heterocycles. The standard InChI is InChI=1S/C26H33N7O4/c34-23-10-5-11-32-16-20(29-30-32)15-27-24(35)22-17-31(25(36)19-8-4-9-19)12-13-33(22)26(37)21(28-23)14-18-6-2-1-3-7-18/h1-3,6-7,16,19,21-22H,4-5,8-15,17H2,(H,27,35)(H,28,34)/t21-,22+/m0/s1. The van der Waals surface area contributed by atoms with E-state index in [0.717, 1.165) is 24.8 Å². The Morgan fingerprint density at radius 3 is 2.59 bits per heavy atom. The minimum Gasteiger partial charge on any atom is -0.348 e. The number of nitrogens with zero attached hydrogens (tertiary/aromatic N) is 5. The summed E-state index contributed by atoms with van der Waals surface area (Å²) in [5.74, 6) is -0.836. The Labute approximate surface area is 215 Å². The summed E-state index contributed by atoms with van der Waals surface area (Å²) in [6.45, 7) is 1.39. The zero-order chi connectivity index (χ0) is 25.8. The van der Waals surface area contributed by atoms with Gasteiger partial charge in [-0.05, 0) is 24.8 Å². The summed E-state index contributed by atoms with van der Waals surface area (Å²) in [6.07, 6.45) is 5.61. The van der Waals surface area contributed by atoms with Crippen LogP contribution in [0, 0.1) is 5.92 Å². The minimum absolute atomic E-state index is 0.00715. The normalized spacial score (nSPS) is 23.7. The number of carbonyl (C=O) groups is 4. The van der Waals surface area contributed by atoms with Crippen LogP contribution in [0.2, 0.25) is 0 Å². The Morgan fingerprint density at radius 1 is 1.03 bits per heavy atom. The van der Waals surface area contributed by atoms with Crippen molar-refractivity contribution >= 4 is 23.6 Å². The lowest BCUT2D eigenvalue weighted by molar-refractivity contribution is -0.152. The smallest absolute Gasteiger partial charge is 0.246 e. The van der Waals surface area contributed by atoms with Crippen LogP contribution < -0.4 is 10.6 Å². The molecule has 4 amide bonds. The van der Waals surface area contributed by atoms with Gasteiger partial charge in [-0.25, -0.2) is 0 Å². The number of fused-ring (bicyclic) bond motifs is 3. The number of aromatic nitrogens is 3. The monoisotopic (exact) mass is 507 g/mol. The molecule has 2 bridgehead atoms. The number of aryl methyl sites for hydroxylation is 1. The van der Waals surface area contributed by atoms with E-state index in [0.29, 0.717) is 31.6 Å². The number of hydrogen-bond acceptors (Lipinski definition) is 6. The molecule has 11 nitrogen and oxygen atoms in total. The molecule has 1 aliphatic carbocycles. The summed E-state index contributed by atoms with van der Waals surface area (Å²) >= 11 is 0. The molecule has 3 heterocycles. The van der Waals surface area contributed by atoms with Crippen molar-refractivity contribution in [3.63, 3.8) is 0 Å². The van der Waals surface area contributed by atoms with E-state index in [9.17, 15) is 19.2 Å². The first-order valence-electron chi connectivity index (χ1n) is 13.1. The molecule has 0 spiro atoms. The second-order valence-corrected chi connectivity index (χ2v) is 10.1. The molecule has 2 aromatic rings. The van der Waals surface area contributed by atoms with Crippen molar-refractivity contribution < 1.29 is 19.2 Å². The lowest BCUT2D eigenvalue weighted by atomic mass is 9.84. The second kappa shape index (κ2) is 11.1. The third kappa shape index (κ3) is 5.81. The number of hydrogen-bond donors (Lipinski definition) is 2. The molecule has 2 atom stereocenters. The Morgan fingerprint density at radius 2 is 1.84 bits per heavy atom. The minimum atomic E-state index is -0.861. The predicted octanol–water partition coefficient (Wildman–Crippen LogP) is 0.255. The van der Waals surface area contributed by atoms with Crippen LogP contribution in [0.15, 0.2) is 36.5 Å². The van der Waals surface area contributed by atoms with Gasteiger partial charge in [-0.3, -0.25) is 23.9 Å². The van der Waals surface area contributed by atoms with E-state index in [1.807, 2.05) is 30.3 Å². The number of carbonyl (C=O) groups excluding carboxylic acids is 4. The van der Waals surface area contributed by atoms with Crippen molar-refractivity contribution in [1.29, 1.82) is 0 Å². The van der Waals surface area contributed by atoms with Crippen molar-refractivity contribution in [2.24, 2.45) is 5.92 Å². The van der Waals surface area contributed by atoms with Crippen LogP contribution in [-0.4, -0.2) is 80.1 Å². The fourth-order valence-corrected chi connectivity index (χ4v) is 5.13. The Bertz CT molecular complexity index is 1150. The van der Waals surface area contributed by atoms with Crippen LogP contribution in [0.1, 0.15) is 43.4 Å². The van der Waals surface area contributed by atoms with E-state index in [1.54, 1.807) is 15.8 Å². The van der Waals surface area contributed by atoms with Gasteiger partial charge < -0.3 is 20.4 Å². The summed E-state index contributed by atoms with van der Waals surface area (Å²) in [5.41, 5.74) is 1.50. The van der Waals surface area contributed by atoms with Crippen LogP contribution in [0.5, 0.6) is 0 Å². The van der Waals surface area contributed by atoms with Gasteiger partial charge in [0.15, 0.2) is 0 Å². The van der Waals surface area contributed by atoms with Crippen molar-refractivity contribution in [1.82, 2.24) is 35.4 Å². The average molecular weight is 508 g/mol. The number of piperazine rings is 1. The summed E-state index contributed by atoms with van der Waals surface area (Å²) < 4.78 is 1.65. The highest BCUT2D eigenvalue weighted by Gasteiger charge is 2.41. The van der Waals surface area contributed by atoms with Crippen molar-refractivity contribution in [3.05, 3.63) is 47.8 Å². The predicted molar refractivity (Wildman–Crippen MR) is 133 cm³/mol. The fraction of sp³-hybridized carbons (Fsp3) is 0.538. The molecule has 0 radical (unpaired) electrons. The van der Waals surface area contributed by atoms with Crippen molar-refractivity contribution in [2.45, 2.75) is 63.7 Å². The van der Waals surface area contributed by atoms with Crippen LogP contribution >= 0.6 is 0 Å². The van der Waals surface area contributed by atoms with Crippen molar-refractivity contribution in [3.8, 4) is 0 Å². The molecule has 2 aliphatic heterocycles. The average Bonchev–Trinajstić information content (AvgIpc) is 3.33. The van der Waals surface area contributed by atoms with E-state index >= 15 is 0 Å². The molecule has 37 heavy (non-hydrogen) atoms. The van der Waals surface area contributed by atoms with Gasteiger partial charge in [-0.2, -0.15) is 0 Å². The zero-order valence-electron chi connectivity index (χ0n) is 20.8. The maximum absolute atomic E-state index is 13.9. The summed E-state index contributed by atoms with van der Waals surface area (Å²) in [4.78, 5) is 56.4. The first-order valence-corrected chi connectivity index (χ1v) is 13.1. The second-order valence-electron chi connectivity index (χ2n) is 10.1. The Balaban J connectivity index is 1.41. The number of nitrogens with one attached hydrogen (secondary N) is 2. The maximum atomic E-state index is 13.9. The third-order valence-electron chi connectivity index (χ3n) is 7.47. The lowest BCUT2D eigenvalue weighted by Gasteiger charge is -2.43. The van der Waals surface area contributed by atoms with Crippen LogP contribution in [-0.2, 0) is 38.7 Å². The highest BCUT2D eigenvalue weighted by molar-refractivity contribution is 5.93. The van der Waals surface area contributed by atoms with E-state index in [4.69, 9.17) is 0 Å². The summed E-state index contributed by atoms with van der Waals surface area (Å²) in [6, 6.07) is 7.83. The number of amides is 4. The van der Waals surface area contributed by atoms with Gasteiger partial charge in [-0.1, -0.05) is 42.0 Å². The van der Waals surface area contributed by atoms with Gasteiger partial charge in [0.1, 0.15) is 17.8 Å². The largest absolute Gasteiger partial charge is 0.348 e. The first-order chi connectivity index (χ1) is 18.0. The van der Waals surface area contributed by atoms with Gasteiger partial charge >= 0.3 is 0 Å². The van der Waals surface area contributed by atoms with Crippen LogP contribution in [0.4, 0.5) is 0 Å². The molecule has 3 aliphatic rings. The van der Waals surface area contributed by atoms with E-state index in [-0.39, 0.29) is 55.6 Å². The quantitative estimate of drug-likeness (QED) is 0.613. The third-order valence-corrected chi connectivity index (χ3v) is 7.47. The molecule has 1 saturated heterocycles. The first kappa shape index (κ1) is 24.9. The van der Waals surface area contributed by atoms with Crippen molar-refractivity contribution in [2.75, 3.05) is 19.6 Å². The molecule has 196 valence electrons. The maximum Gasteiger partial charge on any atom is 0.246 e. The highest BCUT2D eigenvalue weighted by Crippen LogP contribution is 2.29. The molecule has 1 saturated carbocycles.